The fraction of sp³-hybridized carbons (Fsp3) is 0.118. The van der Waals surface area contributed by atoms with Crippen molar-refractivity contribution in [2.75, 3.05) is 5.32 Å². The molecule has 1 aromatic heterocycles. The Balaban J connectivity index is 1.72. The lowest BCUT2D eigenvalue weighted by molar-refractivity contribution is -0.115. The van der Waals surface area contributed by atoms with Gasteiger partial charge in [-0.25, -0.2) is 4.98 Å². The maximum atomic E-state index is 12.4. The summed E-state index contributed by atoms with van der Waals surface area (Å²) in [5.74, 6) is -0.860. The summed E-state index contributed by atoms with van der Waals surface area (Å²) >= 11 is 1.20. The number of nitrogens with two attached hydrogens (primary N) is 1. The summed E-state index contributed by atoms with van der Waals surface area (Å²) in [5.41, 5.74) is 7.39. The van der Waals surface area contributed by atoms with E-state index >= 15 is 0 Å². The van der Waals surface area contributed by atoms with Gasteiger partial charge in [-0.15, -0.1) is 0 Å². The van der Waals surface area contributed by atoms with Crippen LogP contribution >= 0.6 is 11.8 Å². The van der Waals surface area contributed by atoms with Crippen LogP contribution in [0.1, 0.15) is 17.3 Å². The predicted octanol–water partition coefficient (Wildman–Crippen LogP) is 3.05. The van der Waals surface area contributed by atoms with E-state index in [9.17, 15) is 9.59 Å². The second-order valence-corrected chi connectivity index (χ2v) is 6.40. The van der Waals surface area contributed by atoms with Crippen LogP contribution < -0.4 is 11.1 Å². The van der Waals surface area contributed by atoms with E-state index in [4.69, 9.17) is 10.2 Å². The van der Waals surface area contributed by atoms with E-state index in [-0.39, 0.29) is 11.5 Å². The molecule has 0 saturated heterocycles. The van der Waals surface area contributed by atoms with E-state index < -0.39 is 11.2 Å². The first kappa shape index (κ1) is 16.1. The first-order valence-corrected chi connectivity index (χ1v) is 8.14. The molecule has 6 nitrogen and oxygen atoms in total. The van der Waals surface area contributed by atoms with Crippen molar-refractivity contribution < 1.29 is 14.0 Å². The topological polar surface area (TPSA) is 98.2 Å². The average molecular weight is 341 g/mol. The second kappa shape index (κ2) is 6.76. The molecule has 0 aliphatic rings. The number of benzene rings is 2. The van der Waals surface area contributed by atoms with Crippen LogP contribution in [0.25, 0.3) is 11.1 Å². The van der Waals surface area contributed by atoms with Crippen molar-refractivity contribution in [1.29, 1.82) is 0 Å². The molecule has 7 heteroatoms. The van der Waals surface area contributed by atoms with E-state index in [1.54, 1.807) is 31.2 Å². The molecular formula is C17H15N3O3S. The highest BCUT2D eigenvalue weighted by Gasteiger charge is 2.19. The molecule has 0 aliphatic heterocycles. The zero-order chi connectivity index (χ0) is 17.1. The number of primary amides is 1. The molecule has 3 rings (SSSR count). The molecule has 122 valence electrons. The Hall–Kier alpha value is -2.80. The van der Waals surface area contributed by atoms with Crippen molar-refractivity contribution in [3.63, 3.8) is 0 Å². The number of aromatic nitrogens is 1. The Labute approximate surface area is 142 Å². The summed E-state index contributed by atoms with van der Waals surface area (Å²) < 4.78 is 5.60. The Morgan fingerprint density at radius 2 is 1.88 bits per heavy atom. The fourth-order valence-corrected chi connectivity index (χ4v) is 2.90. The number of fused-ring (bicyclic) bond motifs is 1. The molecule has 0 saturated carbocycles. The van der Waals surface area contributed by atoms with Crippen molar-refractivity contribution in [2.24, 2.45) is 5.73 Å². The number of amides is 2. The quantitative estimate of drug-likeness (QED) is 0.695. The van der Waals surface area contributed by atoms with Crippen LogP contribution in [0.3, 0.4) is 0 Å². The van der Waals surface area contributed by atoms with Crippen molar-refractivity contribution in [1.82, 2.24) is 4.98 Å². The maximum absolute atomic E-state index is 12.4. The van der Waals surface area contributed by atoms with Crippen LogP contribution in [0.15, 0.2) is 58.2 Å². The van der Waals surface area contributed by atoms with Crippen LogP contribution in [0, 0.1) is 0 Å². The van der Waals surface area contributed by atoms with E-state index in [1.165, 1.54) is 11.8 Å². The number of oxazole rings is 1. The summed E-state index contributed by atoms with van der Waals surface area (Å²) in [7, 11) is 0. The fourth-order valence-electron chi connectivity index (χ4n) is 2.15. The molecule has 3 aromatic rings. The minimum absolute atomic E-state index is 0.268. The molecule has 2 aromatic carbocycles. The molecule has 3 N–H and O–H groups in total. The first-order chi connectivity index (χ1) is 11.5. The number of hydrogen-bond acceptors (Lipinski definition) is 5. The molecule has 2 amide bonds. The zero-order valence-corrected chi connectivity index (χ0v) is 13.7. The average Bonchev–Trinajstić information content (AvgIpc) is 2.97. The van der Waals surface area contributed by atoms with Gasteiger partial charge in [0.05, 0.1) is 16.5 Å². The van der Waals surface area contributed by atoms with Crippen molar-refractivity contribution >= 4 is 40.4 Å². The number of anilines is 1. The summed E-state index contributed by atoms with van der Waals surface area (Å²) in [6.45, 7) is 1.74. The maximum Gasteiger partial charge on any atom is 0.257 e. The highest BCUT2D eigenvalue weighted by molar-refractivity contribution is 8.00. The normalized spacial score (nSPS) is 12.0. The highest BCUT2D eigenvalue weighted by atomic mass is 32.2. The van der Waals surface area contributed by atoms with Gasteiger partial charge >= 0.3 is 0 Å². The Morgan fingerprint density at radius 1 is 1.17 bits per heavy atom. The van der Waals surface area contributed by atoms with Gasteiger partial charge in [-0.2, -0.15) is 0 Å². The summed E-state index contributed by atoms with van der Waals surface area (Å²) in [6, 6.07) is 14.0. The van der Waals surface area contributed by atoms with Gasteiger partial charge in [0.2, 0.25) is 5.91 Å². The van der Waals surface area contributed by atoms with Crippen LogP contribution in [-0.4, -0.2) is 22.0 Å². The van der Waals surface area contributed by atoms with Crippen molar-refractivity contribution in [2.45, 2.75) is 17.4 Å². The van der Waals surface area contributed by atoms with Gasteiger partial charge in [0.25, 0.3) is 11.1 Å². The third kappa shape index (κ3) is 3.41. The molecule has 1 heterocycles. The van der Waals surface area contributed by atoms with Gasteiger partial charge in [0.15, 0.2) is 5.58 Å². The molecule has 24 heavy (non-hydrogen) atoms. The summed E-state index contributed by atoms with van der Waals surface area (Å²) in [5, 5.41) is 2.67. The van der Waals surface area contributed by atoms with Gasteiger partial charge in [0, 0.05) is 0 Å². The van der Waals surface area contributed by atoms with E-state index in [0.29, 0.717) is 16.5 Å². The lowest BCUT2D eigenvalue weighted by atomic mass is 10.1. The molecule has 1 atom stereocenters. The summed E-state index contributed by atoms with van der Waals surface area (Å²) in [6.07, 6.45) is 0. The number of carbonyl (C=O) groups is 2. The van der Waals surface area contributed by atoms with Crippen molar-refractivity contribution in [3.05, 3.63) is 54.1 Å². The minimum Gasteiger partial charge on any atom is -0.431 e. The molecule has 0 radical (unpaired) electrons. The molecule has 0 bridgehead atoms. The number of nitrogens with zero attached hydrogens (tertiary/aromatic N) is 1. The predicted molar refractivity (Wildman–Crippen MR) is 92.9 cm³/mol. The largest absolute Gasteiger partial charge is 0.431 e. The number of thioether (sulfide) groups is 1. The highest BCUT2D eigenvalue weighted by Crippen LogP contribution is 2.27. The number of para-hydroxylation sites is 3. The second-order valence-electron chi connectivity index (χ2n) is 5.11. The Morgan fingerprint density at radius 3 is 2.62 bits per heavy atom. The van der Waals surface area contributed by atoms with E-state index in [0.717, 1.165) is 5.52 Å². The van der Waals surface area contributed by atoms with E-state index in [1.807, 2.05) is 24.3 Å². The standard InChI is InChI=1S/C17H15N3O3S/c1-10(24-17-20-13-8-4-5-9-14(13)23-17)16(22)19-12-7-3-2-6-11(12)15(18)21/h2-10H,1H3,(H2,18,21)(H,19,22). The van der Waals surface area contributed by atoms with Crippen LogP contribution in [0.5, 0.6) is 0 Å². The van der Waals surface area contributed by atoms with Gasteiger partial charge in [-0.1, -0.05) is 36.0 Å². The molecule has 0 fully saturated rings. The lowest BCUT2D eigenvalue weighted by Crippen LogP contribution is -2.24. The minimum atomic E-state index is -0.592. The number of rotatable bonds is 5. The smallest absolute Gasteiger partial charge is 0.257 e. The number of hydrogen-bond donors (Lipinski definition) is 2. The number of nitrogens with one attached hydrogen (secondary N) is 1. The Kier molecular flexibility index (Phi) is 4.52. The van der Waals surface area contributed by atoms with Gasteiger partial charge < -0.3 is 15.5 Å². The van der Waals surface area contributed by atoms with Crippen LogP contribution in [0.2, 0.25) is 0 Å². The third-order valence-corrected chi connectivity index (χ3v) is 4.32. The van der Waals surface area contributed by atoms with Gasteiger partial charge in [0.1, 0.15) is 5.52 Å². The van der Waals surface area contributed by atoms with Gasteiger partial charge in [-0.3, -0.25) is 9.59 Å². The third-order valence-electron chi connectivity index (χ3n) is 3.37. The van der Waals surface area contributed by atoms with Crippen LogP contribution in [-0.2, 0) is 4.79 Å². The molecule has 0 spiro atoms. The molecular weight excluding hydrogens is 326 g/mol. The summed E-state index contributed by atoms with van der Waals surface area (Å²) in [4.78, 5) is 28.1. The first-order valence-electron chi connectivity index (χ1n) is 7.26. The molecule has 1 unspecified atom stereocenters. The SMILES string of the molecule is CC(Sc1nc2ccccc2o1)C(=O)Nc1ccccc1C(N)=O. The van der Waals surface area contributed by atoms with Crippen LogP contribution in [0.4, 0.5) is 5.69 Å². The monoisotopic (exact) mass is 341 g/mol. The Bertz CT molecular complexity index is 874. The molecule has 0 aliphatic carbocycles. The number of carbonyl (C=O) groups excluding carboxylic acids is 2. The lowest BCUT2D eigenvalue weighted by Gasteiger charge is -2.12. The van der Waals surface area contributed by atoms with E-state index in [2.05, 4.69) is 10.3 Å². The van der Waals surface area contributed by atoms with Gasteiger partial charge in [-0.05, 0) is 31.2 Å². The van der Waals surface area contributed by atoms with Crippen molar-refractivity contribution in [3.8, 4) is 0 Å². The zero-order valence-electron chi connectivity index (χ0n) is 12.9.